The zero-order valence-corrected chi connectivity index (χ0v) is 20.3. The molecule has 2 saturated heterocycles. The Bertz CT molecular complexity index is 689. The smallest absolute Gasteiger partial charge is 0.310 e. The highest BCUT2D eigenvalue weighted by molar-refractivity contribution is 14.0. The van der Waals surface area contributed by atoms with Crippen LogP contribution in [0.15, 0.2) is 23.3 Å². The number of piperidine rings is 1. The SMILES string of the molecule is CN=C(NCc1ccc(N2CCC(C)CC2)nc1)N1CC(C)C(C(=O)OC)C1.I. The first-order valence-corrected chi connectivity index (χ1v) is 10.2. The zero-order chi connectivity index (χ0) is 20.1. The van der Waals surface area contributed by atoms with E-state index in [0.717, 1.165) is 42.9 Å². The second-order valence-corrected chi connectivity index (χ2v) is 8.11. The van der Waals surface area contributed by atoms with Gasteiger partial charge in [-0.15, -0.1) is 24.0 Å². The molecule has 2 aliphatic rings. The maximum Gasteiger partial charge on any atom is 0.310 e. The van der Waals surface area contributed by atoms with Gasteiger partial charge < -0.3 is 19.9 Å². The van der Waals surface area contributed by atoms with E-state index in [2.05, 4.69) is 51.1 Å². The number of aliphatic imine (C=N–C) groups is 1. The van der Waals surface area contributed by atoms with Gasteiger partial charge in [-0.2, -0.15) is 0 Å². The molecule has 1 N–H and O–H groups in total. The molecule has 0 bridgehead atoms. The second-order valence-electron chi connectivity index (χ2n) is 8.11. The number of ether oxygens (including phenoxy) is 1. The number of esters is 1. The quantitative estimate of drug-likeness (QED) is 0.288. The Labute approximate surface area is 191 Å². The lowest BCUT2D eigenvalue weighted by Crippen LogP contribution is -2.40. The van der Waals surface area contributed by atoms with Gasteiger partial charge in [-0.3, -0.25) is 9.79 Å². The molecule has 0 aromatic carbocycles. The molecule has 2 fully saturated rings. The summed E-state index contributed by atoms with van der Waals surface area (Å²) in [4.78, 5) is 25.5. The van der Waals surface area contributed by atoms with Crippen LogP contribution in [0.4, 0.5) is 5.82 Å². The third-order valence-electron chi connectivity index (χ3n) is 5.99. The summed E-state index contributed by atoms with van der Waals surface area (Å²) in [5, 5.41) is 3.40. The summed E-state index contributed by atoms with van der Waals surface area (Å²) in [6, 6.07) is 4.24. The maximum atomic E-state index is 11.9. The number of rotatable bonds is 4. The number of anilines is 1. The van der Waals surface area contributed by atoms with E-state index in [0.29, 0.717) is 13.1 Å². The Hall–Kier alpha value is -1.58. The van der Waals surface area contributed by atoms with Gasteiger partial charge in [0.1, 0.15) is 5.82 Å². The minimum atomic E-state index is -0.141. The van der Waals surface area contributed by atoms with E-state index < -0.39 is 0 Å². The number of carbonyl (C=O) groups is 1. The van der Waals surface area contributed by atoms with Crippen molar-refractivity contribution in [2.75, 3.05) is 45.2 Å². The molecule has 29 heavy (non-hydrogen) atoms. The van der Waals surface area contributed by atoms with Crippen LogP contribution in [-0.4, -0.2) is 62.1 Å². The third-order valence-corrected chi connectivity index (χ3v) is 5.99. The van der Waals surface area contributed by atoms with E-state index in [4.69, 9.17) is 4.74 Å². The highest BCUT2D eigenvalue weighted by Crippen LogP contribution is 2.24. The molecule has 0 saturated carbocycles. The summed E-state index contributed by atoms with van der Waals surface area (Å²) in [6.45, 7) is 8.67. The molecule has 0 aliphatic carbocycles. The molecule has 0 amide bonds. The number of aromatic nitrogens is 1. The molecule has 0 radical (unpaired) electrons. The number of guanidine groups is 1. The van der Waals surface area contributed by atoms with Crippen molar-refractivity contribution in [1.29, 1.82) is 0 Å². The lowest BCUT2D eigenvalue weighted by Gasteiger charge is -2.31. The van der Waals surface area contributed by atoms with Crippen molar-refractivity contribution in [3.05, 3.63) is 23.9 Å². The van der Waals surface area contributed by atoms with E-state index in [9.17, 15) is 4.79 Å². The van der Waals surface area contributed by atoms with Crippen LogP contribution in [0.25, 0.3) is 0 Å². The van der Waals surface area contributed by atoms with Crippen molar-refractivity contribution in [2.24, 2.45) is 22.7 Å². The number of likely N-dealkylation sites (tertiary alicyclic amines) is 1. The average molecular weight is 515 g/mol. The van der Waals surface area contributed by atoms with E-state index in [1.807, 2.05) is 6.20 Å². The van der Waals surface area contributed by atoms with Gasteiger partial charge >= 0.3 is 5.97 Å². The summed E-state index contributed by atoms with van der Waals surface area (Å²) in [5.41, 5.74) is 1.12. The summed E-state index contributed by atoms with van der Waals surface area (Å²) >= 11 is 0. The topological polar surface area (TPSA) is 70.1 Å². The molecule has 2 unspecified atom stereocenters. The second kappa shape index (κ2) is 11.0. The summed E-state index contributed by atoms with van der Waals surface area (Å²) in [7, 11) is 3.23. The Morgan fingerprint density at radius 3 is 2.59 bits per heavy atom. The highest BCUT2D eigenvalue weighted by atomic mass is 127. The van der Waals surface area contributed by atoms with Crippen molar-refractivity contribution in [2.45, 2.75) is 33.2 Å². The van der Waals surface area contributed by atoms with Crippen LogP contribution >= 0.6 is 24.0 Å². The summed E-state index contributed by atoms with van der Waals surface area (Å²) in [5.74, 6) is 2.70. The van der Waals surface area contributed by atoms with Crippen molar-refractivity contribution in [1.82, 2.24) is 15.2 Å². The van der Waals surface area contributed by atoms with E-state index >= 15 is 0 Å². The molecule has 3 rings (SSSR count). The van der Waals surface area contributed by atoms with E-state index in [1.54, 1.807) is 7.05 Å². The standard InChI is InChI=1S/C21H33N5O2.HI/c1-15-7-9-25(10-8-15)19-6-5-17(11-23-19)12-24-21(22-3)26-13-16(2)18(14-26)20(27)28-4;/h5-6,11,15-16,18H,7-10,12-14H2,1-4H3,(H,22,24);1H. The van der Waals surface area contributed by atoms with E-state index in [-0.39, 0.29) is 41.8 Å². The number of pyridine rings is 1. The number of carbonyl (C=O) groups excluding carboxylic acids is 1. The number of methoxy groups -OCH3 is 1. The first-order valence-electron chi connectivity index (χ1n) is 10.2. The van der Waals surface area contributed by atoms with Crippen molar-refractivity contribution in [3.63, 3.8) is 0 Å². The van der Waals surface area contributed by atoms with Crippen LogP contribution in [0.1, 0.15) is 32.3 Å². The third kappa shape index (κ3) is 5.96. The van der Waals surface area contributed by atoms with Gasteiger partial charge in [0, 0.05) is 46.0 Å². The number of nitrogens with zero attached hydrogens (tertiary/aromatic N) is 4. The molecular weight excluding hydrogens is 481 g/mol. The average Bonchev–Trinajstić information content (AvgIpc) is 3.10. The van der Waals surface area contributed by atoms with Crippen LogP contribution in [0.3, 0.4) is 0 Å². The van der Waals surface area contributed by atoms with Crippen LogP contribution in [-0.2, 0) is 16.1 Å². The molecule has 7 nitrogen and oxygen atoms in total. The fraction of sp³-hybridized carbons (Fsp3) is 0.667. The largest absolute Gasteiger partial charge is 0.469 e. The predicted molar refractivity (Wildman–Crippen MR) is 127 cm³/mol. The molecule has 0 spiro atoms. The van der Waals surface area contributed by atoms with Crippen molar-refractivity contribution < 1.29 is 9.53 Å². The first kappa shape index (κ1) is 23.7. The van der Waals surface area contributed by atoms with Crippen LogP contribution < -0.4 is 10.2 Å². The normalized spacial score (nSPS) is 23.0. The molecule has 2 aliphatic heterocycles. The van der Waals surface area contributed by atoms with Gasteiger partial charge in [0.25, 0.3) is 0 Å². The number of hydrogen-bond acceptors (Lipinski definition) is 5. The predicted octanol–water partition coefficient (Wildman–Crippen LogP) is 2.75. The summed E-state index contributed by atoms with van der Waals surface area (Å²) in [6.07, 6.45) is 4.42. The van der Waals surface area contributed by atoms with Gasteiger partial charge in [0.2, 0.25) is 0 Å². The number of nitrogens with one attached hydrogen (secondary N) is 1. The van der Waals surface area contributed by atoms with Crippen molar-refractivity contribution in [3.8, 4) is 0 Å². The lowest BCUT2D eigenvalue weighted by atomic mass is 9.99. The number of halogens is 1. The zero-order valence-electron chi connectivity index (χ0n) is 17.9. The molecule has 162 valence electrons. The minimum absolute atomic E-state index is 0. The van der Waals surface area contributed by atoms with Crippen molar-refractivity contribution >= 4 is 41.7 Å². The Morgan fingerprint density at radius 2 is 2.00 bits per heavy atom. The fourth-order valence-corrected chi connectivity index (χ4v) is 4.06. The fourth-order valence-electron chi connectivity index (χ4n) is 4.06. The molecule has 2 atom stereocenters. The first-order chi connectivity index (χ1) is 13.5. The Morgan fingerprint density at radius 1 is 1.28 bits per heavy atom. The van der Waals surface area contributed by atoms with Gasteiger partial charge in [-0.25, -0.2) is 4.98 Å². The molecule has 8 heteroatoms. The van der Waals surface area contributed by atoms with Gasteiger partial charge in [0.05, 0.1) is 13.0 Å². The van der Waals surface area contributed by atoms with Crippen LogP contribution in [0.2, 0.25) is 0 Å². The molecular formula is C21H34IN5O2. The monoisotopic (exact) mass is 515 g/mol. The Kier molecular flexibility index (Phi) is 8.98. The number of hydrogen-bond donors (Lipinski definition) is 1. The lowest BCUT2D eigenvalue weighted by molar-refractivity contribution is -0.145. The summed E-state index contributed by atoms with van der Waals surface area (Å²) < 4.78 is 4.92. The highest BCUT2D eigenvalue weighted by Gasteiger charge is 2.36. The maximum absolute atomic E-state index is 11.9. The molecule has 3 heterocycles. The van der Waals surface area contributed by atoms with Gasteiger partial charge in [-0.05, 0) is 36.3 Å². The van der Waals surface area contributed by atoms with Crippen LogP contribution in [0, 0.1) is 17.8 Å². The molecule has 1 aromatic heterocycles. The Balaban J connectivity index is 0.00000300. The minimum Gasteiger partial charge on any atom is -0.469 e. The van der Waals surface area contributed by atoms with Gasteiger partial charge in [-0.1, -0.05) is 19.9 Å². The van der Waals surface area contributed by atoms with Crippen LogP contribution in [0.5, 0.6) is 0 Å². The van der Waals surface area contributed by atoms with Gasteiger partial charge in [0.15, 0.2) is 5.96 Å². The van der Waals surface area contributed by atoms with E-state index in [1.165, 1.54) is 20.0 Å². The molecule has 1 aromatic rings.